The van der Waals surface area contributed by atoms with Gasteiger partial charge in [0.15, 0.2) is 0 Å². The van der Waals surface area contributed by atoms with E-state index in [0.717, 1.165) is 12.8 Å². The van der Waals surface area contributed by atoms with Crippen molar-refractivity contribution < 1.29 is 14.3 Å². The van der Waals surface area contributed by atoms with E-state index in [1.807, 2.05) is 20.8 Å². The summed E-state index contributed by atoms with van der Waals surface area (Å²) in [7, 11) is 0. The highest BCUT2D eigenvalue weighted by molar-refractivity contribution is 5.89. The van der Waals surface area contributed by atoms with Crippen LogP contribution >= 0.6 is 0 Å². The van der Waals surface area contributed by atoms with Gasteiger partial charge in [0.1, 0.15) is 18.0 Å². The minimum Gasteiger partial charge on any atom is -0.492 e. The molecular weight excluding hydrogens is 242 g/mol. The second-order valence-corrected chi connectivity index (χ2v) is 4.71. The molecule has 4 nitrogen and oxygen atoms in total. The van der Waals surface area contributed by atoms with Crippen molar-refractivity contribution in [3.8, 4) is 5.75 Å². The van der Waals surface area contributed by atoms with E-state index >= 15 is 0 Å². The lowest BCUT2D eigenvalue weighted by Crippen LogP contribution is -2.30. The fourth-order valence-corrected chi connectivity index (χ4v) is 1.54. The summed E-state index contributed by atoms with van der Waals surface area (Å²) < 4.78 is 10.9. The van der Waals surface area contributed by atoms with E-state index in [4.69, 9.17) is 15.2 Å². The molecule has 4 heteroatoms. The molecule has 0 aliphatic heterocycles. The van der Waals surface area contributed by atoms with Crippen LogP contribution in [0.15, 0.2) is 24.3 Å². The number of rotatable bonds is 7. The lowest BCUT2D eigenvalue weighted by Gasteiger charge is -2.26. The first-order chi connectivity index (χ1) is 9.04. The van der Waals surface area contributed by atoms with Gasteiger partial charge in [-0.05, 0) is 44.0 Å². The minimum atomic E-state index is -0.397. The van der Waals surface area contributed by atoms with Gasteiger partial charge in [-0.1, -0.05) is 13.8 Å². The molecule has 0 spiro atoms. The third-order valence-corrected chi connectivity index (χ3v) is 3.31. The lowest BCUT2D eigenvalue weighted by molar-refractivity contribution is -0.0131. The molecule has 106 valence electrons. The first-order valence-corrected chi connectivity index (χ1v) is 6.71. The standard InChI is InChI=1S/C15H23NO3/c1-4-15(3,5-2)19-14(17)12-6-8-13(9-7-12)18-11-10-16/h6-9H,4-5,10-11,16H2,1-3H3. The predicted octanol–water partition coefficient (Wildman–Crippen LogP) is 2.76. The number of nitrogens with two attached hydrogens (primary N) is 1. The van der Waals surface area contributed by atoms with Crippen LogP contribution in [0, 0.1) is 0 Å². The molecule has 0 saturated carbocycles. The van der Waals surface area contributed by atoms with Crippen LogP contribution < -0.4 is 10.5 Å². The molecule has 0 heterocycles. The van der Waals surface area contributed by atoms with Gasteiger partial charge in [-0.2, -0.15) is 0 Å². The van der Waals surface area contributed by atoms with Crippen LogP contribution in [0.4, 0.5) is 0 Å². The average Bonchev–Trinajstić information content (AvgIpc) is 2.45. The van der Waals surface area contributed by atoms with Crippen molar-refractivity contribution in [3.05, 3.63) is 29.8 Å². The van der Waals surface area contributed by atoms with Crippen LogP contribution in [0.1, 0.15) is 44.0 Å². The summed E-state index contributed by atoms with van der Waals surface area (Å²) in [5, 5.41) is 0. The van der Waals surface area contributed by atoms with E-state index in [1.165, 1.54) is 0 Å². The Morgan fingerprint density at radius 1 is 1.21 bits per heavy atom. The fraction of sp³-hybridized carbons (Fsp3) is 0.533. The SMILES string of the molecule is CCC(C)(CC)OC(=O)c1ccc(OCCN)cc1. The second-order valence-electron chi connectivity index (χ2n) is 4.71. The number of hydrogen-bond acceptors (Lipinski definition) is 4. The maximum Gasteiger partial charge on any atom is 0.338 e. The molecule has 1 aromatic carbocycles. The van der Waals surface area contributed by atoms with Gasteiger partial charge in [0, 0.05) is 6.54 Å². The van der Waals surface area contributed by atoms with Gasteiger partial charge >= 0.3 is 5.97 Å². The highest BCUT2D eigenvalue weighted by atomic mass is 16.6. The van der Waals surface area contributed by atoms with E-state index in [9.17, 15) is 4.79 Å². The molecule has 1 aromatic rings. The molecule has 0 bridgehead atoms. The molecule has 0 aliphatic carbocycles. The molecule has 0 saturated heterocycles. The van der Waals surface area contributed by atoms with E-state index < -0.39 is 5.60 Å². The number of hydrogen-bond donors (Lipinski definition) is 1. The highest BCUT2D eigenvalue weighted by Crippen LogP contribution is 2.22. The van der Waals surface area contributed by atoms with Crippen molar-refractivity contribution in [1.82, 2.24) is 0 Å². The van der Waals surface area contributed by atoms with Gasteiger partial charge in [-0.25, -0.2) is 4.79 Å². The summed E-state index contributed by atoms with van der Waals surface area (Å²) in [6.07, 6.45) is 1.60. The predicted molar refractivity (Wildman–Crippen MR) is 75.4 cm³/mol. The summed E-state index contributed by atoms with van der Waals surface area (Å²) in [6, 6.07) is 6.92. The first kappa shape index (κ1) is 15.5. The topological polar surface area (TPSA) is 61.5 Å². The van der Waals surface area contributed by atoms with Crippen LogP contribution in [0.25, 0.3) is 0 Å². The molecule has 19 heavy (non-hydrogen) atoms. The lowest BCUT2D eigenvalue weighted by atomic mass is 10.00. The summed E-state index contributed by atoms with van der Waals surface area (Å²) in [6.45, 7) is 6.91. The monoisotopic (exact) mass is 265 g/mol. The third-order valence-electron chi connectivity index (χ3n) is 3.31. The van der Waals surface area contributed by atoms with Crippen LogP contribution in [0.3, 0.4) is 0 Å². The maximum absolute atomic E-state index is 12.0. The zero-order valence-corrected chi connectivity index (χ0v) is 11.9. The van der Waals surface area contributed by atoms with Gasteiger partial charge in [0.2, 0.25) is 0 Å². The summed E-state index contributed by atoms with van der Waals surface area (Å²) in [4.78, 5) is 12.0. The Morgan fingerprint density at radius 3 is 2.26 bits per heavy atom. The number of carbonyl (C=O) groups excluding carboxylic acids is 1. The Kier molecular flexibility index (Phi) is 5.83. The summed E-state index contributed by atoms with van der Waals surface area (Å²) in [5.74, 6) is 0.410. The molecule has 0 unspecified atom stereocenters. The van der Waals surface area contributed by atoms with Crippen molar-refractivity contribution in [3.63, 3.8) is 0 Å². The minimum absolute atomic E-state index is 0.295. The molecule has 0 atom stereocenters. The van der Waals surface area contributed by atoms with Gasteiger partial charge in [0.25, 0.3) is 0 Å². The number of esters is 1. The summed E-state index contributed by atoms with van der Waals surface area (Å²) >= 11 is 0. The molecule has 0 radical (unpaired) electrons. The van der Waals surface area contributed by atoms with Gasteiger partial charge in [-0.15, -0.1) is 0 Å². The highest BCUT2D eigenvalue weighted by Gasteiger charge is 2.25. The number of ether oxygens (including phenoxy) is 2. The van der Waals surface area contributed by atoms with Crippen molar-refractivity contribution in [1.29, 1.82) is 0 Å². The van der Waals surface area contributed by atoms with Crippen LogP contribution in [0.2, 0.25) is 0 Å². The van der Waals surface area contributed by atoms with E-state index in [2.05, 4.69) is 0 Å². The third kappa shape index (κ3) is 4.56. The maximum atomic E-state index is 12.0. The molecule has 1 rings (SSSR count). The Balaban J connectivity index is 2.67. The van der Waals surface area contributed by atoms with Crippen LogP contribution in [0.5, 0.6) is 5.75 Å². The largest absolute Gasteiger partial charge is 0.492 e. The Bertz CT molecular complexity index is 396. The zero-order valence-electron chi connectivity index (χ0n) is 11.9. The van der Waals surface area contributed by atoms with Gasteiger partial charge in [-0.3, -0.25) is 0 Å². The molecule has 0 amide bonds. The Hall–Kier alpha value is -1.55. The zero-order chi connectivity index (χ0) is 14.3. The Labute approximate surface area is 114 Å². The normalized spacial score (nSPS) is 11.2. The van der Waals surface area contributed by atoms with Gasteiger partial charge < -0.3 is 15.2 Å². The van der Waals surface area contributed by atoms with E-state index in [-0.39, 0.29) is 5.97 Å². The van der Waals surface area contributed by atoms with Gasteiger partial charge in [0.05, 0.1) is 5.56 Å². The van der Waals surface area contributed by atoms with Crippen molar-refractivity contribution in [2.75, 3.05) is 13.2 Å². The second kappa shape index (κ2) is 7.14. The molecule has 0 aliphatic rings. The van der Waals surface area contributed by atoms with Crippen molar-refractivity contribution in [2.24, 2.45) is 5.73 Å². The average molecular weight is 265 g/mol. The fourth-order valence-electron chi connectivity index (χ4n) is 1.54. The molecular formula is C15H23NO3. The van der Waals surface area contributed by atoms with E-state index in [1.54, 1.807) is 24.3 Å². The van der Waals surface area contributed by atoms with Crippen LogP contribution in [-0.2, 0) is 4.74 Å². The smallest absolute Gasteiger partial charge is 0.338 e. The molecule has 0 fully saturated rings. The number of carbonyl (C=O) groups is 1. The van der Waals surface area contributed by atoms with Crippen molar-refractivity contribution in [2.45, 2.75) is 39.2 Å². The quantitative estimate of drug-likeness (QED) is 0.770. The molecule has 0 aromatic heterocycles. The first-order valence-electron chi connectivity index (χ1n) is 6.71. The van der Waals surface area contributed by atoms with Crippen LogP contribution in [-0.4, -0.2) is 24.7 Å². The van der Waals surface area contributed by atoms with Crippen molar-refractivity contribution >= 4 is 5.97 Å². The molecule has 2 N–H and O–H groups in total. The summed E-state index contributed by atoms with van der Waals surface area (Å²) in [5.41, 5.74) is 5.49. The number of benzene rings is 1. The van der Waals surface area contributed by atoms with E-state index in [0.29, 0.717) is 24.5 Å². The Morgan fingerprint density at radius 2 is 1.79 bits per heavy atom.